The fraction of sp³-hybridized carbons (Fsp3) is 0.385. The second-order valence-corrected chi connectivity index (χ2v) is 4.06. The molecule has 5 nitrogen and oxygen atoms in total. The van der Waals surface area contributed by atoms with Crippen molar-refractivity contribution in [1.82, 2.24) is 10.2 Å². The van der Waals surface area contributed by atoms with E-state index in [1.807, 2.05) is 30.3 Å². The van der Waals surface area contributed by atoms with Crippen molar-refractivity contribution in [3.05, 3.63) is 35.9 Å². The number of amides is 1. The number of carbonyl (C=O) groups excluding carboxylic acids is 1. The summed E-state index contributed by atoms with van der Waals surface area (Å²) in [4.78, 5) is 23.6. The largest absolute Gasteiger partial charge is 0.481 e. The molecule has 0 saturated heterocycles. The molecule has 0 aliphatic heterocycles. The number of nitrogens with zero attached hydrogens (tertiary/aromatic N) is 1. The molecule has 0 aliphatic carbocycles. The maximum atomic E-state index is 11.7. The standard InChI is InChI=1S/C13H18N2O3/c1-15(10-11-5-3-2-4-6-11)12(16)9-14-8-7-13(17)18/h2-6,14H,7-10H2,1H3,(H,17,18). The van der Waals surface area contributed by atoms with Crippen LogP contribution in [0.3, 0.4) is 0 Å². The molecule has 18 heavy (non-hydrogen) atoms. The molecule has 1 rings (SSSR count). The number of carboxylic acid groups (broad SMARTS) is 1. The van der Waals surface area contributed by atoms with Crippen molar-refractivity contribution < 1.29 is 14.7 Å². The van der Waals surface area contributed by atoms with Gasteiger partial charge in [0, 0.05) is 20.1 Å². The summed E-state index contributed by atoms with van der Waals surface area (Å²) in [7, 11) is 1.73. The van der Waals surface area contributed by atoms with Gasteiger partial charge in [0.1, 0.15) is 0 Å². The van der Waals surface area contributed by atoms with Crippen molar-refractivity contribution in [3.8, 4) is 0 Å². The van der Waals surface area contributed by atoms with Gasteiger partial charge in [-0.3, -0.25) is 9.59 Å². The number of hydrogen-bond donors (Lipinski definition) is 2. The highest BCUT2D eigenvalue weighted by Gasteiger charge is 2.08. The molecule has 98 valence electrons. The van der Waals surface area contributed by atoms with Crippen molar-refractivity contribution in [2.45, 2.75) is 13.0 Å². The van der Waals surface area contributed by atoms with Crippen LogP contribution in [0, 0.1) is 0 Å². The van der Waals surface area contributed by atoms with Crippen LogP contribution in [0.25, 0.3) is 0 Å². The summed E-state index contributed by atoms with van der Waals surface area (Å²) in [6.07, 6.45) is 0.0235. The topological polar surface area (TPSA) is 69.6 Å². The molecule has 0 heterocycles. The minimum Gasteiger partial charge on any atom is -0.481 e. The smallest absolute Gasteiger partial charge is 0.304 e. The van der Waals surface area contributed by atoms with E-state index in [9.17, 15) is 9.59 Å². The molecule has 5 heteroatoms. The molecule has 1 aromatic rings. The van der Waals surface area contributed by atoms with Gasteiger partial charge in [-0.2, -0.15) is 0 Å². The summed E-state index contributed by atoms with van der Waals surface area (Å²) >= 11 is 0. The third kappa shape index (κ3) is 5.45. The molecule has 0 atom stereocenters. The van der Waals surface area contributed by atoms with E-state index >= 15 is 0 Å². The number of nitrogens with one attached hydrogen (secondary N) is 1. The van der Waals surface area contributed by atoms with Crippen LogP contribution in [0.5, 0.6) is 0 Å². The van der Waals surface area contributed by atoms with Gasteiger partial charge >= 0.3 is 5.97 Å². The molecule has 0 spiro atoms. The molecule has 0 fully saturated rings. The van der Waals surface area contributed by atoms with Crippen LogP contribution in [0.2, 0.25) is 0 Å². The Bertz CT molecular complexity index is 392. The predicted octanol–water partition coefficient (Wildman–Crippen LogP) is 0.709. The van der Waals surface area contributed by atoms with Crippen LogP contribution >= 0.6 is 0 Å². The Balaban J connectivity index is 2.27. The second-order valence-electron chi connectivity index (χ2n) is 4.06. The zero-order valence-corrected chi connectivity index (χ0v) is 10.4. The van der Waals surface area contributed by atoms with E-state index < -0.39 is 5.97 Å². The van der Waals surface area contributed by atoms with Crippen LogP contribution in [0.1, 0.15) is 12.0 Å². The number of aliphatic carboxylic acids is 1. The zero-order chi connectivity index (χ0) is 13.4. The Morgan fingerprint density at radius 1 is 1.28 bits per heavy atom. The maximum Gasteiger partial charge on any atom is 0.304 e. The number of likely N-dealkylation sites (N-methyl/N-ethyl adjacent to an activating group) is 1. The number of rotatable bonds is 7. The Morgan fingerprint density at radius 3 is 2.56 bits per heavy atom. The van der Waals surface area contributed by atoms with Crippen LogP contribution < -0.4 is 5.32 Å². The first-order valence-corrected chi connectivity index (χ1v) is 5.80. The lowest BCUT2D eigenvalue weighted by atomic mass is 10.2. The van der Waals surface area contributed by atoms with Gasteiger partial charge in [0.05, 0.1) is 13.0 Å². The highest BCUT2D eigenvalue weighted by molar-refractivity contribution is 5.78. The lowest BCUT2D eigenvalue weighted by Gasteiger charge is -2.17. The summed E-state index contributed by atoms with van der Waals surface area (Å²) < 4.78 is 0. The third-order valence-electron chi connectivity index (χ3n) is 2.48. The Hall–Kier alpha value is -1.88. The second kappa shape index (κ2) is 7.45. The van der Waals surface area contributed by atoms with Gasteiger partial charge in [-0.15, -0.1) is 0 Å². The third-order valence-corrected chi connectivity index (χ3v) is 2.48. The number of benzene rings is 1. The van der Waals surface area contributed by atoms with Gasteiger partial charge in [-0.25, -0.2) is 0 Å². The van der Waals surface area contributed by atoms with E-state index in [1.165, 1.54) is 0 Å². The van der Waals surface area contributed by atoms with E-state index in [0.717, 1.165) is 5.56 Å². The molecular formula is C13H18N2O3. The van der Waals surface area contributed by atoms with Gasteiger partial charge < -0.3 is 15.3 Å². The van der Waals surface area contributed by atoms with Gasteiger partial charge in [0.2, 0.25) is 5.91 Å². The van der Waals surface area contributed by atoms with Crippen LogP contribution in [0.15, 0.2) is 30.3 Å². The quantitative estimate of drug-likeness (QED) is 0.699. The molecule has 0 radical (unpaired) electrons. The summed E-state index contributed by atoms with van der Waals surface area (Å²) in [6, 6.07) is 9.71. The van der Waals surface area contributed by atoms with Crippen molar-refractivity contribution >= 4 is 11.9 Å². The van der Waals surface area contributed by atoms with Crippen molar-refractivity contribution in [2.24, 2.45) is 0 Å². The summed E-state index contributed by atoms with van der Waals surface area (Å²) in [5, 5.41) is 11.3. The minimum atomic E-state index is -0.868. The van der Waals surface area contributed by atoms with Gasteiger partial charge in [0.25, 0.3) is 0 Å². The first-order chi connectivity index (χ1) is 8.59. The molecule has 1 aromatic carbocycles. The monoisotopic (exact) mass is 250 g/mol. The van der Waals surface area contributed by atoms with E-state index in [1.54, 1.807) is 11.9 Å². The van der Waals surface area contributed by atoms with E-state index in [4.69, 9.17) is 5.11 Å². The average molecular weight is 250 g/mol. The molecule has 0 aromatic heterocycles. The lowest BCUT2D eigenvalue weighted by molar-refractivity contribution is -0.137. The van der Waals surface area contributed by atoms with E-state index in [0.29, 0.717) is 13.1 Å². The Kier molecular flexibility index (Phi) is 5.87. The van der Waals surface area contributed by atoms with Crippen LogP contribution in [0.4, 0.5) is 0 Å². The predicted molar refractivity (Wildman–Crippen MR) is 68.0 cm³/mol. The minimum absolute atomic E-state index is 0.0235. The normalized spacial score (nSPS) is 10.1. The van der Waals surface area contributed by atoms with Crippen molar-refractivity contribution in [2.75, 3.05) is 20.1 Å². The highest BCUT2D eigenvalue weighted by Crippen LogP contribution is 2.02. The zero-order valence-electron chi connectivity index (χ0n) is 10.4. The fourth-order valence-electron chi connectivity index (χ4n) is 1.47. The average Bonchev–Trinajstić information content (AvgIpc) is 2.35. The van der Waals surface area contributed by atoms with Gasteiger partial charge in [-0.1, -0.05) is 30.3 Å². The van der Waals surface area contributed by atoms with Crippen molar-refractivity contribution in [3.63, 3.8) is 0 Å². The Morgan fingerprint density at radius 2 is 1.94 bits per heavy atom. The SMILES string of the molecule is CN(Cc1ccccc1)C(=O)CNCCC(=O)O. The number of hydrogen-bond acceptors (Lipinski definition) is 3. The number of carboxylic acids is 1. The van der Waals surface area contributed by atoms with Gasteiger partial charge in [0.15, 0.2) is 0 Å². The summed E-state index contributed by atoms with van der Waals surface area (Å²) in [5.41, 5.74) is 1.07. The molecule has 2 N–H and O–H groups in total. The first-order valence-electron chi connectivity index (χ1n) is 5.80. The molecule has 0 aliphatic rings. The summed E-state index contributed by atoms with van der Waals surface area (Å²) in [6.45, 7) is 1.02. The van der Waals surface area contributed by atoms with E-state index in [-0.39, 0.29) is 18.9 Å². The highest BCUT2D eigenvalue weighted by atomic mass is 16.4. The summed E-state index contributed by atoms with van der Waals surface area (Å²) in [5.74, 6) is -0.920. The van der Waals surface area contributed by atoms with E-state index in [2.05, 4.69) is 5.32 Å². The lowest BCUT2D eigenvalue weighted by Crippen LogP contribution is -2.35. The van der Waals surface area contributed by atoms with Crippen molar-refractivity contribution in [1.29, 1.82) is 0 Å². The van der Waals surface area contributed by atoms with Gasteiger partial charge in [-0.05, 0) is 5.56 Å². The molecule has 1 amide bonds. The fourth-order valence-corrected chi connectivity index (χ4v) is 1.47. The molecule has 0 bridgehead atoms. The molecular weight excluding hydrogens is 232 g/mol. The van der Waals surface area contributed by atoms with Crippen LogP contribution in [-0.4, -0.2) is 42.0 Å². The Labute approximate surface area is 106 Å². The first kappa shape index (κ1) is 14.2. The number of carbonyl (C=O) groups is 2. The van der Waals surface area contributed by atoms with Crippen LogP contribution in [-0.2, 0) is 16.1 Å². The maximum absolute atomic E-state index is 11.7. The molecule has 0 saturated carbocycles. The molecule has 0 unspecified atom stereocenters.